The summed E-state index contributed by atoms with van der Waals surface area (Å²) in [5.74, 6) is 1.50. The van der Waals surface area contributed by atoms with Gasteiger partial charge in [-0.15, -0.1) is 0 Å². The second-order valence-corrected chi connectivity index (χ2v) is 8.70. The molecule has 1 unspecified atom stereocenters. The van der Waals surface area contributed by atoms with E-state index in [1.54, 1.807) is 30.2 Å². The molecule has 1 atom stereocenters. The minimum absolute atomic E-state index is 0.269. The maximum atomic E-state index is 13.3. The Morgan fingerprint density at radius 2 is 1.77 bits per heavy atom. The number of aryl methyl sites for hydroxylation is 1. The predicted octanol–water partition coefficient (Wildman–Crippen LogP) is 6.41. The van der Waals surface area contributed by atoms with E-state index in [-0.39, 0.29) is 6.03 Å². The number of carbonyl (C=O) groups is 1. The Hall–Kier alpha value is -4.10. The first-order chi connectivity index (χ1) is 16.9. The summed E-state index contributed by atoms with van der Waals surface area (Å²) in [5.41, 5.74) is 4.85. The molecule has 4 aromatic rings. The molecule has 2 heterocycles. The van der Waals surface area contributed by atoms with Gasteiger partial charge in [0.15, 0.2) is 0 Å². The van der Waals surface area contributed by atoms with E-state index in [9.17, 15) is 4.79 Å². The van der Waals surface area contributed by atoms with Crippen LogP contribution in [0.1, 0.15) is 30.0 Å². The third kappa shape index (κ3) is 4.38. The van der Waals surface area contributed by atoms with E-state index in [0.29, 0.717) is 33.7 Å². The summed E-state index contributed by atoms with van der Waals surface area (Å²) >= 11 is 6.22. The summed E-state index contributed by atoms with van der Waals surface area (Å²) in [6, 6.07) is 21.8. The topological polar surface area (TPSA) is 80.5 Å². The summed E-state index contributed by atoms with van der Waals surface area (Å²) in [5, 5.41) is 7.85. The van der Waals surface area contributed by atoms with E-state index in [1.807, 2.05) is 68.4 Å². The van der Waals surface area contributed by atoms with Crippen LogP contribution in [0, 0.1) is 6.92 Å². The van der Waals surface area contributed by atoms with Crippen LogP contribution in [-0.2, 0) is 0 Å². The summed E-state index contributed by atoms with van der Waals surface area (Å²) in [6.45, 7) is 3.89. The highest BCUT2D eigenvalue weighted by atomic mass is 35.5. The first kappa shape index (κ1) is 22.7. The molecule has 0 fully saturated rings. The van der Waals surface area contributed by atoms with Crippen molar-refractivity contribution >= 4 is 28.9 Å². The molecule has 0 radical (unpaired) electrons. The molecule has 5 rings (SSSR count). The lowest BCUT2D eigenvalue weighted by Crippen LogP contribution is -2.46. The fourth-order valence-corrected chi connectivity index (χ4v) is 4.33. The van der Waals surface area contributed by atoms with Crippen molar-refractivity contribution in [1.29, 1.82) is 0 Å². The second-order valence-electron chi connectivity index (χ2n) is 8.26. The van der Waals surface area contributed by atoms with Crippen LogP contribution < -0.4 is 15.0 Å². The molecule has 0 aliphatic carbocycles. The monoisotopic (exact) mass is 486 g/mol. The molecule has 1 N–H and O–H groups in total. The number of urea groups is 1. The van der Waals surface area contributed by atoms with Crippen LogP contribution in [0.15, 0.2) is 83.0 Å². The number of rotatable bonds is 5. The van der Waals surface area contributed by atoms with Gasteiger partial charge in [0.25, 0.3) is 5.89 Å². The number of halogens is 1. The van der Waals surface area contributed by atoms with Gasteiger partial charge in [-0.05, 0) is 61.9 Å². The number of aromatic nitrogens is 2. The smallest absolute Gasteiger partial charge is 0.326 e. The van der Waals surface area contributed by atoms with Crippen molar-refractivity contribution in [2.45, 2.75) is 19.9 Å². The van der Waals surface area contributed by atoms with Crippen molar-refractivity contribution in [3.63, 3.8) is 0 Å². The molecule has 1 aromatic heterocycles. The summed E-state index contributed by atoms with van der Waals surface area (Å²) in [7, 11) is 1.62. The fourth-order valence-electron chi connectivity index (χ4n) is 4.15. The molecule has 0 saturated carbocycles. The van der Waals surface area contributed by atoms with E-state index >= 15 is 0 Å². The zero-order valence-electron chi connectivity index (χ0n) is 19.4. The highest BCUT2D eigenvalue weighted by molar-refractivity contribution is 6.31. The molecular formula is C27H23ClN4O3. The van der Waals surface area contributed by atoms with Gasteiger partial charge in [0.05, 0.1) is 24.4 Å². The van der Waals surface area contributed by atoms with Gasteiger partial charge in [-0.25, -0.2) is 4.79 Å². The molecular weight excluding hydrogens is 464 g/mol. The molecule has 1 aliphatic rings. The van der Waals surface area contributed by atoms with Gasteiger partial charge in [-0.3, -0.25) is 4.90 Å². The summed E-state index contributed by atoms with van der Waals surface area (Å²) < 4.78 is 11.0. The van der Waals surface area contributed by atoms with Crippen molar-refractivity contribution in [2.24, 2.45) is 0 Å². The van der Waals surface area contributed by atoms with Crippen LogP contribution >= 0.6 is 11.6 Å². The molecule has 0 spiro atoms. The standard InChI is InChI=1S/C27H23ClN4O3/c1-16-7-9-18(10-8-16)24-23(17(2)32(27(33)29-24)21-6-4-5-20(28)15-21)26-30-25(31-35-26)19-11-13-22(34-3)14-12-19/h4-15,24H,1-3H3,(H,29,33). The van der Waals surface area contributed by atoms with Crippen molar-refractivity contribution < 1.29 is 14.1 Å². The SMILES string of the molecule is COc1ccc(-c2noc(C3=C(C)N(c4cccc(Cl)c4)C(=O)NC3c3ccc(C)cc3)n2)cc1. The quantitative estimate of drug-likeness (QED) is 0.352. The molecule has 176 valence electrons. The first-order valence-electron chi connectivity index (χ1n) is 11.1. The van der Waals surface area contributed by atoms with Gasteiger partial charge < -0.3 is 14.6 Å². The Bertz CT molecular complexity index is 1410. The Kier molecular flexibility index (Phi) is 6.01. The molecule has 0 bridgehead atoms. The van der Waals surface area contributed by atoms with E-state index in [0.717, 1.165) is 22.4 Å². The minimum atomic E-state index is -0.470. The molecule has 7 nitrogen and oxygen atoms in total. The zero-order chi connectivity index (χ0) is 24.5. The Morgan fingerprint density at radius 3 is 2.46 bits per heavy atom. The number of hydrogen-bond acceptors (Lipinski definition) is 5. The lowest BCUT2D eigenvalue weighted by molar-refractivity contribution is 0.244. The lowest BCUT2D eigenvalue weighted by Gasteiger charge is -2.35. The number of nitrogens with one attached hydrogen (secondary N) is 1. The van der Waals surface area contributed by atoms with Gasteiger partial charge >= 0.3 is 6.03 Å². The lowest BCUT2D eigenvalue weighted by atomic mass is 9.94. The van der Waals surface area contributed by atoms with E-state index < -0.39 is 6.04 Å². The number of allylic oxidation sites excluding steroid dienone is 1. The number of benzene rings is 3. The number of methoxy groups -OCH3 is 1. The molecule has 3 aromatic carbocycles. The molecule has 2 amide bonds. The zero-order valence-corrected chi connectivity index (χ0v) is 20.2. The van der Waals surface area contributed by atoms with Crippen molar-refractivity contribution in [2.75, 3.05) is 12.0 Å². The van der Waals surface area contributed by atoms with Crippen LogP contribution in [-0.4, -0.2) is 23.3 Å². The maximum absolute atomic E-state index is 13.3. The third-order valence-electron chi connectivity index (χ3n) is 5.97. The van der Waals surface area contributed by atoms with Crippen LogP contribution in [0.5, 0.6) is 5.75 Å². The van der Waals surface area contributed by atoms with Crippen molar-refractivity contribution in [3.05, 3.63) is 101 Å². The van der Waals surface area contributed by atoms with Gasteiger partial charge in [-0.2, -0.15) is 4.98 Å². The van der Waals surface area contributed by atoms with Crippen LogP contribution in [0.2, 0.25) is 5.02 Å². The summed E-state index contributed by atoms with van der Waals surface area (Å²) in [4.78, 5) is 19.6. The van der Waals surface area contributed by atoms with Crippen molar-refractivity contribution in [1.82, 2.24) is 15.5 Å². The fraction of sp³-hybridized carbons (Fsp3) is 0.148. The third-order valence-corrected chi connectivity index (χ3v) is 6.20. The van der Waals surface area contributed by atoms with E-state index in [2.05, 4.69) is 10.5 Å². The van der Waals surface area contributed by atoms with E-state index in [1.165, 1.54) is 0 Å². The number of carbonyl (C=O) groups excluding carboxylic acids is 1. The average Bonchev–Trinajstić information content (AvgIpc) is 3.34. The van der Waals surface area contributed by atoms with Gasteiger partial charge in [-0.1, -0.05) is 52.7 Å². The maximum Gasteiger partial charge on any atom is 0.326 e. The normalized spacial score (nSPS) is 15.8. The highest BCUT2D eigenvalue weighted by Gasteiger charge is 2.36. The van der Waals surface area contributed by atoms with Crippen LogP contribution in [0.25, 0.3) is 17.0 Å². The molecule has 0 saturated heterocycles. The van der Waals surface area contributed by atoms with Gasteiger partial charge in [0.1, 0.15) is 5.75 Å². The Labute approximate surface area is 208 Å². The predicted molar refractivity (Wildman–Crippen MR) is 135 cm³/mol. The Morgan fingerprint density at radius 1 is 1.03 bits per heavy atom. The average molecular weight is 487 g/mol. The van der Waals surface area contributed by atoms with Crippen LogP contribution in [0.3, 0.4) is 0 Å². The Balaban J connectivity index is 1.63. The van der Waals surface area contributed by atoms with Gasteiger partial charge in [0.2, 0.25) is 5.82 Å². The van der Waals surface area contributed by atoms with Crippen LogP contribution in [0.4, 0.5) is 10.5 Å². The number of ether oxygens (including phenoxy) is 1. The highest BCUT2D eigenvalue weighted by Crippen LogP contribution is 2.39. The van der Waals surface area contributed by atoms with E-state index in [4.69, 9.17) is 25.8 Å². The number of nitrogens with zero attached hydrogens (tertiary/aromatic N) is 3. The molecule has 1 aliphatic heterocycles. The summed E-state index contributed by atoms with van der Waals surface area (Å²) in [6.07, 6.45) is 0. The number of anilines is 1. The minimum Gasteiger partial charge on any atom is -0.497 e. The van der Waals surface area contributed by atoms with Crippen molar-refractivity contribution in [3.8, 4) is 17.1 Å². The number of hydrogen-bond donors (Lipinski definition) is 1. The molecule has 35 heavy (non-hydrogen) atoms. The van der Waals surface area contributed by atoms with Gasteiger partial charge in [0, 0.05) is 16.3 Å². The molecule has 8 heteroatoms. The second kappa shape index (κ2) is 9.27. The number of amides is 2. The first-order valence-corrected chi connectivity index (χ1v) is 11.4. The largest absolute Gasteiger partial charge is 0.497 e.